The molecule has 1 aromatic rings. The van der Waals surface area contributed by atoms with Gasteiger partial charge in [0.25, 0.3) is 0 Å². The zero-order chi connectivity index (χ0) is 9.90. The Bertz CT molecular complexity index is 261. The van der Waals surface area contributed by atoms with Gasteiger partial charge >= 0.3 is 0 Å². The second kappa shape index (κ2) is 3.75. The normalized spacial score (nSPS) is 11.4. The van der Waals surface area contributed by atoms with Gasteiger partial charge in [0.05, 0.1) is 13.3 Å². The third kappa shape index (κ3) is 3.42. The van der Waals surface area contributed by atoms with Crippen molar-refractivity contribution >= 4 is 0 Å². The Kier molecular flexibility index (Phi) is 2.88. The summed E-state index contributed by atoms with van der Waals surface area (Å²) in [4.78, 5) is 4.23. The maximum Gasteiger partial charge on any atom is 0.137 e. The van der Waals surface area contributed by atoms with E-state index < -0.39 is 0 Å². The molecule has 3 heteroatoms. The first-order valence-corrected chi connectivity index (χ1v) is 4.29. The van der Waals surface area contributed by atoms with Crippen molar-refractivity contribution in [3.8, 4) is 5.75 Å². The molecule has 1 aromatic heterocycles. The number of nitrogens with zero attached hydrogens (tertiary/aromatic N) is 1. The molecule has 0 saturated heterocycles. The highest BCUT2D eigenvalue weighted by Crippen LogP contribution is 2.11. The Balaban J connectivity index is 2.70. The number of methoxy groups -OCH3 is 1. The molecule has 13 heavy (non-hydrogen) atoms. The number of hydrogen-bond donors (Lipinski definition) is 1. The third-order valence-electron chi connectivity index (χ3n) is 1.67. The van der Waals surface area contributed by atoms with Crippen molar-refractivity contribution in [3.63, 3.8) is 0 Å². The number of rotatable bonds is 3. The van der Waals surface area contributed by atoms with Gasteiger partial charge in [0.1, 0.15) is 5.75 Å². The molecule has 0 aliphatic heterocycles. The average molecular weight is 180 g/mol. The summed E-state index contributed by atoms with van der Waals surface area (Å²) in [5.74, 6) is 0.776. The summed E-state index contributed by atoms with van der Waals surface area (Å²) in [7, 11) is 1.63. The summed E-state index contributed by atoms with van der Waals surface area (Å²) in [5, 5.41) is 0. The van der Waals surface area contributed by atoms with Gasteiger partial charge < -0.3 is 10.5 Å². The molecule has 0 aliphatic carbocycles. The highest BCUT2D eigenvalue weighted by molar-refractivity contribution is 5.20. The van der Waals surface area contributed by atoms with Gasteiger partial charge in [-0.25, -0.2) is 0 Å². The number of nitrogens with two attached hydrogens (primary N) is 1. The van der Waals surface area contributed by atoms with Crippen molar-refractivity contribution in [2.45, 2.75) is 25.8 Å². The Morgan fingerprint density at radius 1 is 1.46 bits per heavy atom. The van der Waals surface area contributed by atoms with Crippen LogP contribution in [0.5, 0.6) is 5.75 Å². The molecule has 0 amide bonds. The van der Waals surface area contributed by atoms with E-state index in [9.17, 15) is 0 Å². The Morgan fingerprint density at radius 3 is 2.54 bits per heavy atom. The molecule has 3 nitrogen and oxygen atoms in total. The topological polar surface area (TPSA) is 48.1 Å². The van der Waals surface area contributed by atoms with Crippen molar-refractivity contribution < 1.29 is 4.74 Å². The maximum atomic E-state index is 5.87. The van der Waals surface area contributed by atoms with Gasteiger partial charge in [-0.15, -0.1) is 0 Å². The van der Waals surface area contributed by atoms with E-state index in [-0.39, 0.29) is 5.54 Å². The van der Waals surface area contributed by atoms with Gasteiger partial charge in [-0.2, -0.15) is 0 Å². The van der Waals surface area contributed by atoms with Crippen LogP contribution in [0, 0.1) is 0 Å². The SMILES string of the molecule is COc1ccc(CC(C)(C)N)nc1. The van der Waals surface area contributed by atoms with Crippen LogP contribution >= 0.6 is 0 Å². The third-order valence-corrected chi connectivity index (χ3v) is 1.67. The minimum absolute atomic E-state index is 0.207. The lowest BCUT2D eigenvalue weighted by atomic mass is 10.00. The van der Waals surface area contributed by atoms with Gasteiger partial charge in [-0.3, -0.25) is 4.98 Å². The number of ether oxygens (including phenoxy) is 1. The van der Waals surface area contributed by atoms with Gasteiger partial charge in [0, 0.05) is 17.7 Å². The Hall–Kier alpha value is -1.09. The van der Waals surface area contributed by atoms with Crippen LogP contribution in [0.15, 0.2) is 18.3 Å². The summed E-state index contributed by atoms with van der Waals surface area (Å²) >= 11 is 0. The number of pyridine rings is 1. The van der Waals surface area contributed by atoms with Crippen molar-refractivity contribution in [2.75, 3.05) is 7.11 Å². The first kappa shape index (κ1) is 9.99. The van der Waals surface area contributed by atoms with Gasteiger partial charge in [0.15, 0.2) is 0 Å². The molecule has 0 unspecified atom stereocenters. The summed E-state index contributed by atoms with van der Waals surface area (Å²) < 4.78 is 5.01. The highest BCUT2D eigenvalue weighted by Gasteiger charge is 2.12. The summed E-state index contributed by atoms with van der Waals surface area (Å²) in [5.41, 5.74) is 6.65. The first-order chi connectivity index (χ1) is 6.01. The Morgan fingerprint density at radius 2 is 2.15 bits per heavy atom. The summed E-state index contributed by atoms with van der Waals surface area (Å²) in [6.45, 7) is 3.97. The lowest BCUT2D eigenvalue weighted by Crippen LogP contribution is -2.34. The van der Waals surface area contributed by atoms with Crippen LogP contribution in [0.3, 0.4) is 0 Å². The number of aromatic nitrogens is 1. The molecule has 0 aliphatic rings. The van der Waals surface area contributed by atoms with E-state index in [4.69, 9.17) is 10.5 Å². The van der Waals surface area contributed by atoms with Crippen molar-refractivity contribution in [3.05, 3.63) is 24.0 Å². The predicted octanol–water partition coefficient (Wildman–Crippen LogP) is 1.37. The molecular weight excluding hydrogens is 164 g/mol. The van der Waals surface area contributed by atoms with Crippen LogP contribution in [0.2, 0.25) is 0 Å². The predicted molar refractivity (Wildman–Crippen MR) is 52.8 cm³/mol. The smallest absolute Gasteiger partial charge is 0.137 e. The number of hydrogen-bond acceptors (Lipinski definition) is 3. The maximum absolute atomic E-state index is 5.87. The molecule has 0 bridgehead atoms. The van der Waals surface area contributed by atoms with E-state index in [1.54, 1.807) is 13.3 Å². The minimum atomic E-state index is -0.207. The molecule has 1 rings (SSSR count). The van der Waals surface area contributed by atoms with E-state index in [1.165, 1.54) is 0 Å². The molecule has 0 fully saturated rings. The van der Waals surface area contributed by atoms with E-state index in [1.807, 2.05) is 26.0 Å². The van der Waals surface area contributed by atoms with Crippen LogP contribution in [-0.2, 0) is 6.42 Å². The lowest BCUT2D eigenvalue weighted by molar-refractivity contribution is 0.412. The quantitative estimate of drug-likeness (QED) is 0.764. The van der Waals surface area contributed by atoms with E-state index in [0.717, 1.165) is 17.9 Å². The van der Waals surface area contributed by atoms with Gasteiger partial charge in [-0.1, -0.05) is 0 Å². The molecule has 1 heterocycles. The zero-order valence-electron chi connectivity index (χ0n) is 8.37. The average Bonchev–Trinajstić information content (AvgIpc) is 2.03. The van der Waals surface area contributed by atoms with E-state index >= 15 is 0 Å². The van der Waals surface area contributed by atoms with Crippen molar-refractivity contribution in [2.24, 2.45) is 5.73 Å². The fourth-order valence-corrected chi connectivity index (χ4v) is 1.10. The largest absolute Gasteiger partial charge is 0.495 e. The molecular formula is C10H16N2O. The van der Waals surface area contributed by atoms with E-state index in [0.29, 0.717) is 0 Å². The minimum Gasteiger partial charge on any atom is -0.495 e. The fourth-order valence-electron chi connectivity index (χ4n) is 1.10. The molecule has 0 spiro atoms. The van der Waals surface area contributed by atoms with Gasteiger partial charge in [-0.05, 0) is 26.0 Å². The van der Waals surface area contributed by atoms with Crippen LogP contribution < -0.4 is 10.5 Å². The Labute approximate surface area is 78.9 Å². The standard InChI is InChI=1S/C10H16N2O/c1-10(2,11)6-8-4-5-9(13-3)7-12-8/h4-5,7H,6,11H2,1-3H3. The van der Waals surface area contributed by atoms with Crippen LogP contribution in [0.4, 0.5) is 0 Å². The lowest BCUT2D eigenvalue weighted by Gasteiger charge is -2.17. The zero-order valence-corrected chi connectivity index (χ0v) is 8.37. The molecule has 2 N–H and O–H groups in total. The van der Waals surface area contributed by atoms with Crippen LogP contribution in [0.25, 0.3) is 0 Å². The van der Waals surface area contributed by atoms with Crippen molar-refractivity contribution in [1.29, 1.82) is 0 Å². The van der Waals surface area contributed by atoms with E-state index in [2.05, 4.69) is 4.98 Å². The summed E-state index contributed by atoms with van der Waals surface area (Å²) in [6, 6.07) is 3.83. The molecule has 72 valence electrons. The second-order valence-electron chi connectivity index (χ2n) is 3.85. The molecule has 0 aromatic carbocycles. The molecule has 0 radical (unpaired) electrons. The molecule has 0 saturated carbocycles. The van der Waals surface area contributed by atoms with Gasteiger partial charge in [0.2, 0.25) is 0 Å². The first-order valence-electron chi connectivity index (χ1n) is 4.29. The molecule has 0 atom stereocenters. The second-order valence-corrected chi connectivity index (χ2v) is 3.85. The monoisotopic (exact) mass is 180 g/mol. The highest BCUT2D eigenvalue weighted by atomic mass is 16.5. The van der Waals surface area contributed by atoms with Crippen LogP contribution in [0.1, 0.15) is 19.5 Å². The fraction of sp³-hybridized carbons (Fsp3) is 0.500. The summed E-state index contributed by atoms with van der Waals surface area (Å²) in [6.07, 6.45) is 2.48. The van der Waals surface area contributed by atoms with Crippen molar-refractivity contribution in [1.82, 2.24) is 4.98 Å². The van der Waals surface area contributed by atoms with Crippen LogP contribution in [-0.4, -0.2) is 17.6 Å².